The lowest BCUT2D eigenvalue weighted by molar-refractivity contribution is 0.0239. The van der Waals surface area contributed by atoms with Crippen molar-refractivity contribution in [2.45, 2.75) is 47.1 Å². The smallest absolute Gasteiger partial charge is 0.0653 e. The highest BCUT2D eigenvalue weighted by Gasteiger charge is 2.29. The third-order valence-corrected chi connectivity index (χ3v) is 2.71. The first-order valence-corrected chi connectivity index (χ1v) is 5.25. The fourth-order valence-corrected chi connectivity index (χ4v) is 1.43. The van der Waals surface area contributed by atoms with Crippen LogP contribution < -0.4 is 0 Å². The highest BCUT2D eigenvalue weighted by Crippen LogP contribution is 2.31. The van der Waals surface area contributed by atoms with Gasteiger partial charge in [0.2, 0.25) is 0 Å². The maximum Gasteiger partial charge on any atom is 0.0653 e. The van der Waals surface area contributed by atoms with Gasteiger partial charge in [0.15, 0.2) is 0 Å². The molecule has 0 saturated heterocycles. The molecule has 0 aromatic rings. The molecule has 0 aliphatic carbocycles. The second-order valence-electron chi connectivity index (χ2n) is 5.01. The predicted octanol–water partition coefficient (Wildman–Crippen LogP) is 3.55. The van der Waals surface area contributed by atoms with Crippen LogP contribution in [-0.2, 0) is 0 Å². The number of aliphatic hydroxyl groups excluding tert-OH is 1. The van der Waals surface area contributed by atoms with Crippen LogP contribution in [0.3, 0.4) is 0 Å². The first-order chi connectivity index (χ1) is 6.31. The summed E-state index contributed by atoms with van der Waals surface area (Å²) in [5.74, 6) is 0.149. The van der Waals surface area contributed by atoms with Crippen molar-refractivity contribution in [1.82, 2.24) is 0 Å². The molecule has 0 heterocycles. The molecule has 0 rings (SSSR count). The van der Waals surface area contributed by atoms with Crippen molar-refractivity contribution in [3.05, 3.63) is 24.3 Å². The Morgan fingerprint density at radius 2 is 1.93 bits per heavy atom. The normalized spacial score (nSPS) is 15.9. The van der Waals surface area contributed by atoms with Gasteiger partial charge in [0.1, 0.15) is 0 Å². The summed E-state index contributed by atoms with van der Waals surface area (Å²) in [5, 5.41) is 10.1. The van der Waals surface area contributed by atoms with E-state index in [1.807, 2.05) is 13.0 Å². The first-order valence-electron chi connectivity index (χ1n) is 5.25. The zero-order valence-electron chi connectivity index (χ0n) is 10.2. The van der Waals surface area contributed by atoms with Crippen molar-refractivity contribution in [2.24, 2.45) is 11.3 Å². The van der Waals surface area contributed by atoms with Crippen LogP contribution in [0.4, 0.5) is 0 Å². The van der Waals surface area contributed by atoms with Gasteiger partial charge in [0.25, 0.3) is 0 Å². The highest BCUT2D eigenvalue weighted by molar-refractivity contribution is 4.99. The molecule has 0 spiro atoms. The molecular weight excluding hydrogens is 172 g/mol. The molecule has 0 amide bonds. The fraction of sp³-hybridized carbons (Fsp3) is 0.692. The molecule has 14 heavy (non-hydrogen) atoms. The molecule has 0 aromatic heterocycles. The zero-order valence-corrected chi connectivity index (χ0v) is 10.2. The van der Waals surface area contributed by atoms with Crippen LogP contribution in [0.1, 0.15) is 41.0 Å². The van der Waals surface area contributed by atoms with Crippen molar-refractivity contribution in [1.29, 1.82) is 0 Å². The van der Waals surface area contributed by atoms with E-state index in [2.05, 4.69) is 40.3 Å². The third-order valence-electron chi connectivity index (χ3n) is 2.71. The van der Waals surface area contributed by atoms with Gasteiger partial charge < -0.3 is 5.11 Å². The van der Waals surface area contributed by atoms with E-state index in [4.69, 9.17) is 0 Å². The standard InChI is InChI=1S/C13H24O/c1-7-11(4)12(14)13(5,6)9-8-10(2)3/h7-8,11-12,14H,1,9H2,2-6H3. The van der Waals surface area contributed by atoms with E-state index < -0.39 is 0 Å². The van der Waals surface area contributed by atoms with E-state index in [0.717, 1.165) is 6.42 Å². The van der Waals surface area contributed by atoms with Crippen LogP contribution >= 0.6 is 0 Å². The van der Waals surface area contributed by atoms with Crippen molar-refractivity contribution >= 4 is 0 Å². The van der Waals surface area contributed by atoms with Gasteiger partial charge in [-0.05, 0) is 25.7 Å². The summed E-state index contributed by atoms with van der Waals surface area (Å²) >= 11 is 0. The van der Waals surface area contributed by atoms with Gasteiger partial charge in [-0.1, -0.05) is 38.5 Å². The van der Waals surface area contributed by atoms with Gasteiger partial charge in [-0.15, -0.1) is 6.58 Å². The Labute approximate surface area is 88.5 Å². The molecule has 0 saturated carbocycles. The van der Waals surface area contributed by atoms with Crippen molar-refractivity contribution < 1.29 is 5.11 Å². The zero-order chi connectivity index (χ0) is 11.4. The Kier molecular flexibility index (Phi) is 5.14. The second kappa shape index (κ2) is 5.35. The minimum atomic E-state index is -0.324. The molecule has 1 nitrogen and oxygen atoms in total. The van der Waals surface area contributed by atoms with Crippen LogP contribution in [0, 0.1) is 11.3 Å². The summed E-state index contributed by atoms with van der Waals surface area (Å²) in [4.78, 5) is 0. The summed E-state index contributed by atoms with van der Waals surface area (Å²) in [6.45, 7) is 14.1. The summed E-state index contributed by atoms with van der Waals surface area (Å²) in [6.07, 6.45) is 4.58. The molecule has 0 aliphatic heterocycles. The van der Waals surface area contributed by atoms with E-state index in [1.165, 1.54) is 5.57 Å². The van der Waals surface area contributed by atoms with Gasteiger partial charge in [0.05, 0.1) is 6.10 Å². The Morgan fingerprint density at radius 1 is 1.43 bits per heavy atom. The van der Waals surface area contributed by atoms with Gasteiger partial charge in [0, 0.05) is 5.92 Å². The molecule has 0 aliphatic rings. The summed E-state index contributed by atoms with van der Waals surface area (Å²) < 4.78 is 0. The van der Waals surface area contributed by atoms with E-state index in [0.29, 0.717) is 0 Å². The monoisotopic (exact) mass is 196 g/mol. The SMILES string of the molecule is C=CC(C)C(O)C(C)(C)CC=C(C)C. The Morgan fingerprint density at radius 3 is 2.29 bits per heavy atom. The molecule has 0 bridgehead atoms. The van der Waals surface area contributed by atoms with Crippen LogP contribution in [-0.4, -0.2) is 11.2 Å². The summed E-state index contributed by atoms with van der Waals surface area (Å²) in [5.41, 5.74) is 1.22. The minimum absolute atomic E-state index is 0.0785. The topological polar surface area (TPSA) is 20.2 Å². The first kappa shape index (κ1) is 13.4. The van der Waals surface area contributed by atoms with E-state index >= 15 is 0 Å². The minimum Gasteiger partial charge on any atom is -0.392 e. The Bertz CT molecular complexity index is 209. The largest absolute Gasteiger partial charge is 0.392 e. The van der Waals surface area contributed by atoms with Crippen LogP contribution in [0.25, 0.3) is 0 Å². The molecule has 0 radical (unpaired) electrons. The number of hydrogen-bond acceptors (Lipinski definition) is 1. The lowest BCUT2D eigenvalue weighted by atomic mass is 9.77. The quantitative estimate of drug-likeness (QED) is 0.667. The lowest BCUT2D eigenvalue weighted by Crippen LogP contribution is -2.33. The average molecular weight is 196 g/mol. The van der Waals surface area contributed by atoms with Gasteiger partial charge in [-0.2, -0.15) is 0 Å². The number of hydrogen-bond donors (Lipinski definition) is 1. The van der Waals surface area contributed by atoms with Crippen LogP contribution in [0.2, 0.25) is 0 Å². The van der Waals surface area contributed by atoms with Gasteiger partial charge >= 0.3 is 0 Å². The highest BCUT2D eigenvalue weighted by atomic mass is 16.3. The fourth-order valence-electron chi connectivity index (χ4n) is 1.43. The third kappa shape index (κ3) is 4.10. The summed E-state index contributed by atoms with van der Waals surface area (Å²) in [7, 11) is 0. The summed E-state index contributed by atoms with van der Waals surface area (Å²) in [6, 6.07) is 0. The van der Waals surface area contributed by atoms with Crippen molar-refractivity contribution in [2.75, 3.05) is 0 Å². The Hall–Kier alpha value is -0.560. The van der Waals surface area contributed by atoms with E-state index in [1.54, 1.807) is 0 Å². The van der Waals surface area contributed by atoms with Gasteiger partial charge in [-0.25, -0.2) is 0 Å². The predicted molar refractivity (Wildman–Crippen MR) is 63.2 cm³/mol. The van der Waals surface area contributed by atoms with Crippen molar-refractivity contribution in [3.63, 3.8) is 0 Å². The van der Waals surface area contributed by atoms with E-state index in [9.17, 15) is 5.11 Å². The number of rotatable bonds is 5. The number of allylic oxidation sites excluding steroid dienone is 2. The Balaban J connectivity index is 4.44. The molecule has 82 valence electrons. The lowest BCUT2D eigenvalue weighted by Gasteiger charge is -2.32. The number of aliphatic hydroxyl groups is 1. The van der Waals surface area contributed by atoms with Crippen LogP contribution in [0.15, 0.2) is 24.3 Å². The molecule has 0 aromatic carbocycles. The van der Waals surface area contributed by atoms with Gasteiger partial charge in [-0.3, -0.25) is 0 Å². The molecule has 2 atom stereocenters. The second-order valence-corrected chi connectivity index (χ2v) is 5.01. The van der Waals surface area contributed by atoms with Crippen molar-refractivity contribution in [3.8, 4) is 0 Å². The molecule has 2 unspecified atom stereocenters. The van der Waals surface area contributed by atoms with Crippen LogP contribution in [0.5, 0.6) is 0 Å². The average Bonchev–Trinajstić information content (AvgIpc) is 2.12. The maximum atomic E-state index is 10.1. The molecule has 1 heteroatoms. The molecular formula is C13H24O. The maximum absolute atomic E-state index is 10.1. The molecule has 0 fully saturated rings. The molecule has 1 N–H and O–H groups in total. The van der Waals surface area contributed by atoms with E-state index in [-0.39, 0.29) is 17.4 Å².